The lowest BCUT2D eigenvalue weighted by molar-refractivity contribution is 0.0422. The molecule has 9 aliphatic rings. The summed E-state index contributed by atoms with van der Waals surface area (Å²) >= 11 is 0. The van der Waals surface area contributed by atoms with Crippen LogP contribution in [0, 0.1) is 53.3 Å². The quantitative estimate of drug-likeness (QED) is 0.0782. The summed E-state index contributed by atoms with van der Waals surface area (Å²) in [5, 5.41) is 34.0. The molecule has 0 radical (unpaired) electrons. The van der Waals surface area contributed by atoms with Gasteiger partial charge in [-0.25, -0.2) is 4.39 Å². The van der Waals surface area contributed by atoms with E-state index in [0.29, 0.717) is 78.2 Å². The fourth-order valence-electron chi connectivity index (χ4n) is 15.1. The van der Waals surface area contributed by atoms with Crippen molar-refractivity contribution in [3.63, 3.8) is 0 Å². The Balaban J connectivity index is 0.871. The summed E-state index contributed by atoms with van der Waals surface area (Å²) in [5.74, 6) is 4.95. The van der Waals surface area contributed by atoms with Gasteiger partial charge in [0.05, 0.1) is 49.3 Å². The minimum absolute atomic E-state index is 0.142. The Hall–Kier alpha value is -0.390. The summed E-state index contributed by atoms with van der Waals surface area (Å²) in [7, 11) is 0. The maximum Gasteiger partial charge on any atom is 0.103 e. The fourth-order valence-corrected chi connectivity index (χ4v) is 15.1. The van der Waals surface area contributed by atoms with Gasteiger partial charge in [-0.2, -0.15) is 0 Å². The number of halogens is 1. The summed E-state index contributed by atoms with van der Waals surface area (Å²) < 4.78 is 16.4. The number of nitrogens with one attached hydrogen (secondary N) is 8. The normalized spacial score (nSPS) is 46.6. The van der Waals surface area contributed by atoms with Crippen molar-refractivity contribution < 1.29 is 4.39 Å². The van der Waals surface area contributed by atoms with Gasteiger partial charge in [0, 0.05) is 0 Å². The van der Waals surface area contributed by atoms with Gasteiger partial charge in [-0.15, -0.1) is 0 Å². The molecule has 5 saturated heterocycles. The molecule has 18 unspecified atom stereocenters. The van der Waals surface area contributed by atoms with E-state index in [1.807, 2.05) is 0 Å². The first-order valence-electron chi connectivity index (χ1n) is 25.9. The average molecular weight is 795 g/mol. The van der Waals surface area contributed by atoms with Crippen molar-refractivity contribution in [2.75, 3.05) is 0 Å². The van der Waals surface area contributed by atoms with Crippen LogP contribution in [0.1, 0.15) is 193 Å². The van der Waals surface area contributed by atoms with Gasteiger partial charge >= 0.3 is 0 Å². The van der Waals surface area contributed by atoms with Crippen molar-refractivity contribution in [3.8, 4) is 0 Å². The highest BCUT2D eigenvalue weighted by atomic mass is 19.1. The molecule has 9 heteroatoms. The second-order valence-corrected chi connectivity index (χ2v) is 21.4. The molecule has 0 amide bonds. The van der Waals surface area contributed by atoms with Gasteiger partial charge in [-0.05, 0) is 111 Å². The van der Waals surface area contributed by atoms with Gasteiger partial charge in [0.25, 0.3) is 0 Å². The van der Waals surface area contributed by atoms with Gasteiger partial charge in [-0.3, -0.25) is 42.5 Å². The van der Waals surface area contributed by atoms with Crippen LogP contribution in [0.25, 0.3) is 0 Å². The van der Waals surface area contributed by atoms with Crippen LogP contribution in [0.15, 0.2) is 0 Å². The van der Waals surface area contributed by atoms with Gasteiger partial charge in [0.15, 0.2) is 0 Å². The maximum absolute atomic E-state index is 16.4. The zero-order chi connectivity index (χ0) is 38.6. The van der Waals surface area contributed by atoms with Crippen molar-refractivity contribution in [3.05, 3.63) is 0 Å². The largest absolute Gasteiger partial charge is 0.286 e. The third-order valence-electron chi connectivity index (χ3n) is 18.0. The van der Waals surface area contributed by atoms with Crippen molar-refractivity contribution in [1.29, 1.82) is 0 Å². The van der Waals surface area contributed by atoms with Crippen molar-refractivity contribution in [2.45, 2.75) is 249 Å². The minimum atomic E-state index is -0.675. The lowest BCUT2D eigenvalue weighted by atomic mass is 9.68. The Morgan fingerprint density at radius 2 is 0.632 bits per heavy atom. The molecule has 4 aliphatic carbocycles. The molecular weight excluding hydrogens is 708 g/mol. The minimum Gasteiger partial charge on any atom is -0.286 e. The smallest absolute Gasteiger partial charge is 0.103 e. The summed E-state index contributed by atoms with van der Waals surface area (Å²) in [6.45, 7) is 2.31. The van der Waals surface area contributed by atoms with E-state index in [0.717, 1.165) is 19.3 Å². The lowest BCUT2D eigenvalue weighted by Crippen LogP contribution is -2.61. The number of alkyl halides is 1. The standard InChI is InChI=1S/C48H87FN8/c1-2-3-4-5-6-7-8-9-10-11-12-13-14-15-28-37-39(49)30-29-38-40(37)48-56-46-36-27-21-20-26-35(36)44(54-46)52-42-32-23-17-16-22-31(32)41(50-42)51-43-33-24-18-19-25-34(33)45(53-43)55-47(38)57-48/h31-48,50-57H,2-30H2,1H3. The Bertz CT molecular complexity index is 1220. The second-order valence-electron chi connectivity index (χ2n) is 21.4. The Labute approximate surface area is 347 Å². The number of hydrogen-bond donors (Lipinski definition) is 8. The van der Waals surface area contributed by atoms with E-state index in [1.165, 1.54) is 167 Å². The number of rotatable bonds is 15. The molecule has 326 valence electrons. The summed E-state index contributed by atoms with van der Waals surface area (Å²) in [4.78, 5) is 0. The molecule has 0 spiro atoms. The van der Waals surface area contributed by atoms with E-state index in [9.17, 15) is 0 Å². The van der Waals surface area contributed by atoms with E-state index in [2.05, 4.69) is 49.5 Å². The highest BCUT2D eigenvalue weighted by Gasteiger charge is 2.56. The van der Waals surface area contributed by atoms with Gasteiger partial charge < -0.3 is 0 Å². The van der Waals surface area contributed by atoms with Crippen LogP contribution in [-0.4, -0.2) is 55.5 Å². The van der Waals surface area contributed by atoms with E-state index in [-0.39, 0.29) is 24.4 Å². The SMILES string of the molecule is CCCCCCCCCCCCCCCCC1C(F)CCC2C3NC4NC(NC5NC(NC6NC(NC(N3)C12)C1CCCCC61)C1CCCCC51)C1CCCCC41. The molecule has 0 aromatic carbocycles. The van der Waals surface area contributed by atoms with Gasteiger partial charge in [-0.1, -0.05) is 135 Å². The summed E-state index contributed by atoms with van der Waals surface area (Å²) in [6, 6.07) is 0. The van der Waals surface area contributed by atoms with E-state index in [1.54, 1.807) is 0 Å². The predicted octanol–water partition coefficient (Wildman–Crippen LogP) is 8.65. The maximum atomic E-state index is 16.4. The van der Waals surface area contributed by atoms with E-state index < -0.39 is 6.17 Å². The molecule has 5 heterocycles. The molecular formula is C48H87FN8. The highest BCUT2D eigenvalue weighted by molar-refractivity contribution is 5.09. The second kappa shape index (κ2) is 20.2. The molecule has 18 atom stereocenters. The number of fused-ring (bicyclic) bond motifs is 20. The molecule has 4 saturated carbocycles. The average Bonchev–Trinajstić information content (AvgIpc) is 3.97. The van der Waals surface area contributed by atoms with Crippen molar-refractivity contribution in [2.24, 2.45) is 53.3 Å². The molecule has 9 rings (SSSR count). The summed E-state index contributed by atoms with van der Waals surface area (Å²) in [5.41, 5.74) is 0. The van der Waals surface area contributed by atoms with Crippen LogP contribution >= 0.6 is 0 Å². The molecule has 0 aromatic rings. The molecule has 5 aliphatic heterocycles. The predicted molar refractivity (Wildman–Crippen MR) is 231 cm³/mol. The van der Waals surface area contributed by atoms with Crippen LogP contribution in [0.2, 0.25) is 0 Å². The fraction of sp³-hybridized carbons (Fsp3) is 1.00. The molecule has 8 bridgehead atoms. The van der Waals surface area contributed by atoms with E-state index in [4.69, 9.17) is 0 Å². The van der Waals surface area contributed by atoms with Crippen molar-refractivity contribution >= 4 is 0 Å². The topological polar surface area (TPSA) is 96.2 Å². The Morgan fingerprint density at radius 1 is 0.333 bits per heavy atom. The van der Waals surface area contributed by atoms with E-state index >= 15 is 4.39 Å². The number of unbranched alkanes of at least 4 members (excludes halogenated alkanes) is 13. The molecule has 0 aromatic heterocycles. The van der Waals surface area contributed by atoms with Crippen molar-refractivity contribution in [1.82, 2.24) is 42.5 Å². The summed E-state index contributed by atoms with van der Waals surface area (Å²) in [6.07, 6.45) is 39.8. The third-order valence-corrected chi connectivity index (χ3v) is 18.0. The number of hydrogen-bond acceptors (Lipinski definition) is 8. The first kappa shape index (κ1) is 41.9. The Kier molecular flexibility index (Phi) is 14.9. The van der Waals surface area contributed by atoms with Gasteiger partial charge in [0.1, 0.15) is 6.17 Å². The Morgan fingerprint density at radius 3 is 0.982 bits per heavy atom. The highest BCUT2D eigenvalue weighted by Crippen LogP contribution is 2.48. The molecule has 8 N–H and O–H groups in total. The first-order valence-corrected chi connectivity index (χ1v) is 25.9. The third kappa shape index (κ3) is 9.51. The van der Waals surface area contributed by atoms with Crippen LogP contribution in [0.3, 0.4) is 0 Å². The van der Waals surface area contributed by atoms with Gasteiger partial charge in [0.2, 0.25) is 0 Å². The van der Waals surface area contributed by atoms with Crippen LogP contribution in [-0.2, 0) is 0 Å². The first-order chi connectivity index (χ1) is 28.2. The molecule has 8 nitrogen and oxygen atoms in total. The monoisotopic (exact) mass is 795 g/mol. The zero-order valence-corrected chi connectivity index (χ0v) is 36.3. The van der Waals surface area contributed by atoms with Crippen LogP contribution in [0.4, 0.5) is 4.39 Å². The lowest BCUT2D eigenvalue weighted by Gasteiger charge is -2.41. The van der Waals surface area contributed by atoms with Crippen LogP contribution < -0.4 is 42.5 Å². The zero-order valence-electron chi connectivity index (χ0n) is 36.3. The molecule has 9 fully saturated rings. The van der Waals surface area contributed by atoms with Crippen LogP contribution in [0.5, 0.6) is 0 Å². The molecule has 57 heavy (non-hydrogen) atoms.